The fourth-order valence-corrected chi connectivity index (χ4v) is 1.83. The number of aliphatic hydroxyl groups excluding tert-OH is 1. The van der Waals surface area contributed by atoms with Crippen molar-refractivity contribution in [1.82, 2.24) is 15.1 Å². The zero-order valence-electron chi connectivity index (χ0n) is 8.53. The van der Waals surface area contributed by atoms with Crippen molar-refractivity contribution in [2.75, 3.05) is 19.7 Å². The molecule has 1 aliphatic heterocycles. The van der Waals surface area contributed by atoms with Crippen LogP contribution in [0.5, 0.6) is 0 Å². The van der Waals surface area contributed by atoms with Crippen molar-refractivity contribution in [2.24, 2.45) is 5.92 Å². The second kappa shape index (κ2) is 4.11. The van der Waals surface area contributed by atoms with Gasteiger partial charge < -0.3 is 5.11 Å². The predicted octanol–water partition coefficient (Wildman–Crippen LogP) is 0.396. The van der Waals surface area contributed by atoms with Gasteiger partial charge in [0.05, 0.1) is 5.69 Å². The molecule has 2 N–H and O–H groups in total. The second-order valence-corrected chi connectivity index (χ2v) is 3.98. The zero-order chi connectivity index (χ0) is 9.97. The quantitative estimate of drug-likeness (QED) is 0.731. The van der Waals surface area contributed by atoms with Crippen molar-refractivity contribution in [2.45, 2.75) is 19.9 Å². The van der Waals surface area contributed by atoms with Gasteiger partial charge in [-0.25, -0.2) is 0 Å². The molecular formula is C10H17N3O. The molecule has 1 aliphatic rings. The van der Waals surface area contributed by atoms with Crippen molar-refractivity contribution in [3.63, 3.8) is 0 Å². The number of nitrogens with one attached hydrogen (secondary N) is 1. The normalized spacial score (nSPS) is 18.4. The Bertz CT molecular complexity index is 291. The number of nitrogens with zero attached hydrogens (tertiary/aromatic N) is 2. The van der Waals surface area contributed by atoms with Crippen LogP contribution in [-0.4, -0.2) is 39.9 Å². The third-order valence-electron chi connectivity index (χ3n) is 2.73. The number of H-pyrrole nitrogens is 1. The molecule has 0 spiro atoms. The lowest BCUT2D eigenvalue weighted by Gasteiger charge is -2.37. The highest BCUT2D eigenvalue weighted by molar-refractivity contribution is 5.08. The van der Waals surface area contributed by atoms with E-state index in [4.69, 9.17) is 5.11 Å². The summed E-state index contributed by atoms with van der Waals surface area (Å²) in [6.45, 7) is 5.38. The number of hydrogen-bond acceptors (Lipinski definition) is 3. The van der Waals surface area contributed by atoms with Crippen LogP contribution in [0.4, 0.5) is 0 Å². The molecule has 78 valence electrons. The van der Waals surface area contributed by atoms with E-state index in [0.717, 1.165) is 31.7 Å². The molecule has 0 saturated carbocycles. The Labute approximate surface area is 83.9 Å². The summed E-state index contributed by atoms with van der Waals surface area (Å²) in [6.07, 6.45) is 0.982. The van der Waals surface area contributed by atoms with Gasteiger partial charge >= 0.3 is 0 Å². The van der Waals surface area contributed by atoms with E-state index in [0.29, 0.717) is 12.5 Å². The van der Waals surface area contributed by atoms with Crippen LogP contribution in [0.25, 0.3) is 0 Å². The van der Waals surface area contributed by atoms with E-state index >= 15 is 0 Å². The fraction of sp³-hybridized carbons (Fsp3) is 0.700. The molecule has 0 unspecified atom stereocenters. The van der Waals surface area contributed by atoms with Crippen LogP contribution < -0.4 is 0 Å². The summed E-state index contributed by atoms with van der Waals surface area (Å²) in [5.41, 5.74) is 2.30. The van der Waals surface area contributed by atoms with Crippen molar-refractivity contribution in [1.29, 1.82) is 0 Å². The summed E-state index contributed by atoms with van der Waals surface area (Å²) in [6, 6.07) is 2.12. The van der Waals surface area contributed by atoms with Gasteiger partial charge in [-0.2, -0.15) is 5.10 Å². The van der Waals surface area contributed by atoms with E-state index in [9.17, 15) is 0 Å². The summed E-state index contributed by atoms with van der Waals surface area (Å²) < 4.78 is 0. The predicted molar refractivity (Wildman–Crippen MR) is 53.8 cm³/mol. The van der Waals surface area contributed by atoms with Gasteiger partial charge in [-0.1, -0.05) is 6.92 Å². The number of aliphatic hydroxyl groups is 1. The summed E-state index contributed by atoms with van der Waals surface area (Å²) in [5.74, 6) is 0.489. The Morgan fingerprint density at radius 2 is 2.43 bits per heavy atom. The van der Waals surface area contributed by atoms with E-state index in [1.54, 1.807) is 0 Å². The van der Waals surface area contributed by atoms with Crippen molar-refractivity contribution in [3.8, 4) is 0 Å². The summed E-state index contributed by atoms with van der Waals surface area (Å²) in [4.78, 5) is 2.31. The van der Waals surface area contributed by atoms with Crippen LogP contribution in [0.1, 0.15) is 18.3 Å². The first-order valence-corrected chi connectivity index (χ1v) is 5.18. The molecule has 0 aliphatic carbocycles. The lowest BCUT2D eigenvalue weighted by molar-refractivity contribution is 0.0470. The largest absolute Gasteiger partial charge is 0.396 e. The minimum atomic E-state index is 0.319. The second-order valence-electron chi connectivity index (χ2n) is 3.98. The maximum absolute atomic E-state index is 8.87. The van der Waals surface area contributed by atoms with E-state index in [2.05, 4.69) is 28.1 Å². The minimum absolute atomic E-state index is 0.319. The minimum Gasteiger partial charge on any atom is -0.396 e. The number of aromatic nitrogens is 2. The Morgan fingerprint density at radius 1 is 1.64 bits per heavy atom. The first-order valence-electron chi connectivity index (χ1n) is 5.18. The van der Waals surface area contributed by atoms with Gasteiger partial charge in [-0.05, 0) is 12.5 Å². The summed E-state index contributed by atoms with van der Waals surface area (Å²) in [5, 5.41) is 16.1. The maximum Gasteiger partial charge on any atom is 0.0622 e. The molecule has 4 nitrogen and oxygen atoms in total. The Kier molecular flexibility index (Phi) is 2.84. The molecule has 1 saturated heterocycles. The lowest BCUT2D eigenvalue weighted by atomic mass is 10.0. The van der Waals surface area contributed by atoms with E-state index in [1.165, 1.54) is 5.69 Å². The maximum atomic E-state index is 8.87. The molecule has 0 radical (unpaired) electrons. The number of aromatic amines is 1. The standard InChI is InChI=1S/C10H17N3O/c1-2-9-3-10(12-11-9)6-13-4-8(5-13)7-14/h3,8,14H,2,4-7H2,1H3,(H,11,12). The van der Waals surface area contributed by atoms with Crippen molar-refractivity contribution < 1.29 is 5.11 Å². The van der Waals surface area contributed by atoms with Crippen LogP contribution in [0.15, 0.2) is 6.07 Å². The molecular weight excluding hydrogens is 178 g/mol. The molecule has 2 heterocycles. The van der Waals surface area contributed by atoms with E-state index in [1.807, 2.05) is 0 Å². The van der Waals surface area contributed by atoms with E-state index in [-0.39, 0.29) is 0 Å². The van der Waals surface area contributed by atoms with Gasteiger partial charge in [0.25, 0.3) is 0 Å². The molecule has 4 heteroatoms. The van der Waals surface area contributed by atoms with Gasteiger partial charge in [0.2, 0.25) is 0 Å². The first-order chi connectivity index (χ1) is 6.81. The molecule has 1 fully saturated rings. The molecule has 14 heavy (non-hydrogen) atoms. The van der Waals surface area contributed by atoms with Crippen LogP contribution in [0.3, 0.4) is 0 Å². The third-order valence-corrected chi connectivity index (χ3v) is 2.73. The Balaban J connectivity index is 1.81. The molecule has 0 bridgehead atoms. The molecule has 1 aromatic rings. The average molecular weight is 195 g/mol. The fourth-order valence-electron chi connectivity index (χ4n) is 1.83. The summed E-state index contributed by atoms with van der Waals surface area (Å²) in [7, 11) is 0. The molecule has 1 aromatic heterocycles. The third kappa shape index (κ3) is 1.96. The average Bonchev–Trinajstić information content (AvgIpc) is 2.58. The smallest absolute Gasteiger partial charge is 0.0622 e. The summed E-state index contributed by atoms with van der Waals surface area (Å²) >= 11 is 0. The molecule has 2 rings (SSSR count). The SMILES string of the molecule is CCc1cc(CN2CC(CO)C2)[nH]n1. The number of likely N-dealkylation sites (tertiary alicyclic amines) is 1. The van der Waals surface area contributed by atoms with Gasteiger partial charge in [0.15, 0.2) is 0 Å². The van der Waals surface area contributed by atoms with Gasteiger partial charge in [0, 0.05) is 37.9 Å². The van der Waals surface area contributed by atoms with Crippen LogP contribution in [0.2, 0.25) is 0 Å². The Morgan fingerprint density at radius 3 is 3.00 bits per heavy atom. The van der Waals surface area contributed by atoms with Crippen LogP contribution in [0, 0.1) is 5.92 Å². The highest BCUT2D eigenvalue weighted by Crippen LogP contribution is 2.17. The van der Waals surface area contributed by atoms with Gasteiger partial charge in [-0.15, -0.1) is 0 Å². The van der Waals surface area contributed by atoms with Crippen LogP contribution >= 0.6 is 0 Å². The number of hydrogen-bond donors (Lipinski definition) is 2. The van der Waals surface area contributed by atoms with Gasteiger partial charge in [0.1, 0.15) is 0 Å². The molecule has 0 atom stereocenters. The van der Waals surface area contributed by atoms with E-state index < -0.39 is 0 Å². The molecule has 0 amide bonds. The van der Waals surface area contributed by atoms with Gasteiger partial charge in [-0.3, -0.25) is 10.00 Å². The van der Waals surface area contributed by atoms with Crippen molar-refractivity contribution >= 4 is 0 Å². The molecule has 0 aromatic carbocycles. The Hall–Kier alpha value is -0.870. The highest BCUT2D eigenvalue weighted by atomic mass is 16.3. The van der Waals surface area contributed by atoms with Crippen molar-refractivity contribution in [3.05, 3.63) is 17.5 Å². The lowest BCUT2D eigenvalue weighted by Crippen LogP contribution is -2.47. The van der Waals surface area contributed by atoms with Crippen LogP contribution in [-0.2, 0) is 13.0 Å². The first kappa shape index (κ1) is 9.68. The monoisotopic (exact) mass is 195 g/mol. The number of aryl methyl sites for hydroxylation is 1. The topological polar surface area (TPSA) is 52.1 Å². The zero-order valence-corrected chi connectivity index (χ0v) is 8.53. The highest BCUT2D eigenvalue weighted by Gasteiger charge is 2.25. The number of rotatable bonds is 4.